The van der Waals surface area contributed by atoms with Crippen LogP contribution in [0.3, 0.4) is 0 Å². The van der Waals surface area contributed by atoms with Crippen molar-refractivity contribution in [2.24, 2.45) is 33.7 Å². The molecular formula is C31H40N2O4. The molecule has 4 aliphatic rings. The van der Waals surface area contributed by atoms with Crippen LogP contribution in [0.5, 0.6) is 5.75 Å². The Kier molecular flexibility index (Phi) is 6.87. The van der Waals surface area contributed by atoms with E-state index in [4.69, 9.17) is 11.3 Å². The second-order valence-electron chi connectivity index (χ2n) is 12.1. The fraction of sp³-hybridized carbons (Fsp3) is 0.613. The van der Waals surface area contributed by atoms with Crippen LogP contribution in [0.25, 0.3) is 0 Å². The number of nitrogens with one attached hydrogen (secondary N) is 1. The third-order valence-electron chi connectivity index (χ3n) is 10.4. The first kappa shape index (κ1) is 25.9. The molecule has 0 heterocycles. The Balaban J connectivity index is 1.16. The molecule has 0 bridgehead atoms. The fourth-order valence-electron chi connectivity index (χ4n) is 8.13. The second-order valence-corrected chi connectivity index (χ2v) is 12.1. The number of phenolic OH excluding ortho intramolecular Hbond substituents is 1. The van der Waals surface area contributed by atoms with E-state index >= 15 is 0 Å². The van der Waals surface area contributed by atoms with Gasteiger partial charge in [-0.05, 0) is 105 Å². The molecule has 37 heavy (non-hydrogen) atoms. The van der Waals surface area contributed by atoms with Gasteiger partial charge >= 0.3 is 0 Å². The van der Waals surface area contributed by atoms with Gasteiger partial charge in [-0.15, -0.1) is 6.42 Å². The minimum Gasteiger partial charge on any atom is -0.508 e. The smallest absolute Gasteiger partial charge is 0.260 e. The van der Waals surface area contributed by atoms with Gasteiger partial charge < -0.3 is 20.4 Å². The van der Waals surface area contributed by atoms with Gasteiger partial charge in [0.05, 0.1) is 5.71 Å². The number of phenols is 1. The van der Waals surface area contributed by atoms with E-state index in [0.717, 1.165) is 62.6 Å². The van der Waals surface area contributed by atoms with Gasteiger partial charge in [-0.3, -0.25) is 4.79 Å². The first-order chi connectivity index (χ1) is 17.7. The van der Waals surface area contributed by atoms with Crippen molar-refractivity contribution in [3.8, 4) is 18.1 Å². The van der Waals surface area contributed by atoms with E-state index in [2.05, 4.69) is 36.3 Å². The molecule has 3 N–H and O–H groups in total. The van der Waals surface area contributed by atoms with Crippen LogP contribution in [0.2, 0.25) is 0 Å². The number of fused-ring (bicyclic) bond motifs is 5. The molecule has 0 unspecified atom stereocenters. The topological polar surface area (TPSA) is 91.2 Å². The highest BCUT2D eigenvalue weighted by atomic mass is 16.6. The molecular weight excluding hydrogens is 464 g/mol. The quantitative estimate of drug-likeness (QED) is 0.385. The Hall–Kier alpha value is -2.78. The highest BCUT2D eigenvalue weighted by Gasteiger charge is 2.63. The largest absolute Gasteiger partial charge is 0.508 e. The number of carbonyl (C=O) groups excluding carboxylic acids is 1. The molecule has 0 spiro atoms. The van der Waals surface area contributed by atoms with Crippen LogP contribution in [0.15, 0.2) is 41.1 Å². The monoisotopic (exact) mass is 504 g/mol. The predicted molar refractivity (Wildman–Crippen MR) is 144 cm³/mol. The van der Waals surface area contributed by atoms with Crippen LogP contribution >= 0.6 is 0 Å². The molecule has 3 saturated carbocycles. The summed E-state index contributed by atoms with van der Waals surface area (Å²) in [6, 6.07) is 6.98. The summed E-state index contributed by atoms with van der Waals surface area (Å²) >= 11 is 0. The van der Waals surface area contributed by atoms with Crippen molar-refractivity contribution in [1.29, 1.82) is 0 Å². The molecule has 6 atom stereocenters. The molecule has 5 rings (SSSR count). The average molecular weight is 505 g/mol. The van der Waals surface area contributed by atoms with Crippen molar-refractivity contribution in [3.05, 3.63) is 41.5 Å². The number of allylic oxidation sites excluding steroid dienone is 2. The van der Waals surface area contributed by atoms with Crippen molar-refractivity contribution >= 4 is 11.6 Å². The SMILES string of the molecule is C#C[C@@]1(O)CC[C@H]2[C@@H]3CCC4=C/C(=N/OCC(=O)NCCc5ccc(O)cc5)CC[C@]4(C)[C@H]3CC[C@@]21C. The van der Waals surface area contributed by atoms with Gasteiger partial charge in [-0.25, -0.2) is 0 Å². The lowest BCUT2D eigenvalue weighted by atomic mass is 9.46. The number of hydrogen-bond acceptors (Lipinski definition) is 5. The maximum absolute atomic E-state index is 12.2. The Bertz CT molecular complexity index is 1130. The van der Waals surface area contributed by atoms with Gasteiger partial charge in [-0.2, -0.15) is 0 Å². The van der Waals surface area contributed by atoms with Gasteiger partial charge in [0.1, 0.15) is 11.4 Å². The number of oxime groups is 1. The summed E-state index contributed by atoms with van der Waals surface area (Å²) < 4.78 is 0. The maximum atomic E-state index is 12.2. The van der Waals surface area contributed by atoms with Crippen LogP contribution in [-0.2, 0) is 16.1 Å². The molecule has 1 amide bonds. The van der Waals surface area contributed by atoms with Crippen LogP contribution in [0.1, 0.15) is 70.8 Å². The van der Waals surface area contributed by atoms with Crippen molar-refractivity contribution in [2.45, 2.75) is 77.2 Å². The van der Waals surface area contributed by atoms with Crippen LogP contribution in [0, 0.1) is 40.9 Å². The Morgan fingerprint density at radius 2 is 1.89 bits per heavy atom. The molecule has 6 nitrogen and oxygen atoms in total. The summed E-state index contributed by atoms with van der Waals surface area (Å²) in [5.74, 6) is 4.55. The molecule has 1 aromatic carbocycles. The zero-order valence-corrected chi connectivity index (χ0v) is 22.1. The third-order valence-corrected chi connectivity index (χ3v) is 10.4. The first-order valence-corrected chi connectivity index (χ1v) is 13.8. The predicted octanol–water partition coefficient (Wildman–Crippen LogP) is 4.75. The van der Waals surface area contributed by atoms with Gasteiger partial charge in [-0.1, -0.05) is 42.6 Å². The summed E-state index contributed by atoms with van der Waals surface area (Å²) in [4.78, 5) is 17.6. The molecule has 0 aromatic heterocycles. The maximum Gasteiger partial charge on any atom is 0.260 e. The van der Waals surface area contributed by atoms with Crippen LogP contribution in [0.4, 0.5) is 0 Å². The standard InChI is InChI=1S/C31H40N2O4/c1-4-31(36)17-13-27-25-10-7-22-19-23(11-15-29(22,2)26(25)12-16-30(27,31)3)33-37-20-28(35)32-18-14-21-5-8-24(34)9-6-21/h1,5-6,8-9,19,25-27,34,36H,7,10-18,20H2,2-3H3,(H,32,35)/b33-23+/t25-,26+,27+,29+,30+,31-/m1/s1. The summed E-state index contributed by atoms with van der Waals surface area (Å²) in [6.45, 7) is 5.08. The summed E-state index contributed by atoms with van der Waals surface area (Å²) in [6.07, 6.45) is 16.7. The Morgan fingerprint density at radius 3 is 2.65 bits per heavy atom. The van der Waals surface area contributed by atoms with Crippen molar-refractivity contribution in [2.75, 3.05) is 13.2 Å². The van der Waals surface area contributed by atoms with Crippen molar-refractivity contribution in [3.63, 3.8) is 0 Å². The molecule has 0 aliphatic heterocycles. The number of aromatic hydroxyl groups is 1. The normalized spacial score (nSPS) is 37.5. The lowest BCUT2D eigenvalue weighted by molar-refractivity contribution is -0.125. The number of carbonyl (C=O) groups is 1. The second kappa shape index (κ2) is 9.83. The average Bonchev–Trinajstić information content (AvgIpc) is 3.16. The zero-order chi connectivity index (χ0) is 26.3. The summed E-state index contributed by atoms with van der Waals surface area (Å²) in [5, 5.41) is 27.7. The van der Waals surface area contributed by atoms with Crippen molar-refractivity contribution in [1.82, 2.24) is 5.32 Å². The number of nitrogens with zero attached hydrogens (tertiary/aromatic N) is 1. The van der Waals surface area contributed by atoms with E-state index in [9.17, 15) is 15.0 Å². The van der Waals surface area contributed by atoms with Gasteiger partial charge in [0, 0.05) is 12.0 Å². The van der Waals surface area contributed by atoms with Gasteiger partial charge in [0.2, 0.25) is 0 Å². The number of terminal acetylenes is 1. The van der Waals surface area contributed by atoms with E-state index in [0.29, 0.717) is 30.7 Å². The Labute approximate surface area is 220 Å². The molecule has 3 fully saturated rings. The van der Waals surface area contributed by atoms with E-state index in [-0.39, 0.29) is 29.1 Å². The van der Waals surface area contributed by atoms with Gasteiger partial charge in [0.15, 0.2) is 6.61 Å². The minimum atomic E-state index is -0.957. The van der Waals surface area contributed by atoms with E-state index in [1.54, 1.807) is 12.1 Å². The zero-order valence-electron chi connectivity index (χ0n) is 22.1. The van der Waals surface area contributed by atoms with E-state index < -0.39 is 5.60 Å². The molecule has 4 aliphatic carbocycles. The highest BCUT2D eigenvalue weighted by molar-refractivity contribution is 5.96. The molecule has 198 valence electrons. The first-order valence-electron chi connectivity index (χ1n) is 13.8. The molecule has 0 radical (unpaired) electrons. The van der Waals surface area contributed by atoms with E-state index in [1.165, 1.54) is 5.57 Å². The van der Waals surface area contributed by atoms with E-state index in [1.807, 2.05) is 12.1 Å². The number of amides is 1. The number of hydrogen-bond donors (Lipinski definition) is 3. The van der Waals surface area contributed by atoms with Crippen molar-refractivity contribution < 1.29 is 19.8 Å². The summed E-state index contributed by atoms with van der Waals surface area (Å²) in [5.41, 5.74) is 2.47. The van der Waals surface area contributed by atoms with Gasteiger partial charge in [0.25, 0.3) is 5.91 Å². The lowest BCUT2D eigenvalue weighted by Gasteiger charge is -2.58. The fourth-order valence-corrected chi connectivity index (χ4v) is 8.13. The van der Waals surface area contributed by atoms with Crippen LogP contribution < -0.4 is 5.32 Å². The van der Waals surface area contributed by atoms with Crippen LogP contribution in [-0.4, -0.2) is 40.6 Å². The number of rotatable bonds is 6. The lowest BCUT2D eigenvalue weighted by Crippen LogP contribution is -2.54. The molecule has 0 saturated heterocycles. The third kappa shape index (κ3) is 4.56. The molecule has 1 aromatic rings. The highest BCUT2D eigenvalue weighted by Crippen LogP contribution is 2.67. The number of aliphatic hydroxyl groups is 1. The Morgan fingerprint density at radius 1 is 1.14 bits per heavy atom. The molecule has 6 heteroatoms. The summed E-state index contributed by atoms with van der Waals surface area (Å²) in [7, 11) is 0. The minimum absolute atomic E-state index is 0.0947. The number of benzene rings is 1.